The van der Waals surface area contributed by atoms with E-state index in [0.717, 1.165) is 22.6 Å². The maximum atomic E-state index is 12.8. The van der Waals surface area contributed by atoms with Crippen LogP contribution < -0.4 is 0 Å². The van der Waals surface area contributed by atoms with E-state index in [1.165, 1.54) is 6.21 Å². The molecule has 2 heterocycles. The molecule has 128 valence electrons. The summed E-state index contributed by atoms with van der Waals surface area (Å²) in [4.78, 5) is 25.5. The fourth-order valence-electron chi connectivity index (χ4n) is 3.59. The van der Waals surface area contributed by atoms with Crippen LogP contribution in [-0.2, 0) is 0 Å². The molecule has 1 aromatic heterocycles. The summed E-state index contributed by atoms with van der Waals surface area (Å²) in [5, 5.41) is 6.61. The molecule has 1 aliphatic heterocycles. The number of hydrogen-bond donors (Lipinski definition) is 0. The molecule has 5 nitrogen and oxygen atoms in total. The Labute approximate surface area is 149 Å². The molecule has 2 amide bonds. The van der Waals surface area contributed by atoms with Crippen molar-refractivity contribution in [2.24, 2.45) is 11.0 Å². The maximum absolute atomic E-state index is 12.8. The first kappa shape index (κ1) is 15.1. The van der Waals surface area contributed by atoms with Gasteiger partial charge in [-0.25, -0.2) is 0 Å². The molecule has 0 spiro atoms. The molecule has 2 aliphatic rings. The maximum Gasteiger partial charge on any atom is 0.282 e. The Balaban J connectivity index is 1.49. The van der Waals surface area contributed by atoms with Gasteiger partial charge in [-0.3, -0.25) is 9.59 Å². The first-order chi connectivity index (χ1) is 12.6. The van der Waals surface area contributed by atoms with Gasteiger partial charge in [0.25, 0.3) is 11.8 Å². The summed E-state index contributed by atoms with van der Waals surface area (Å²) in [6, 6.07) is 14.6. The molecule has 3 aromatic rings. The smallest absolute Gasteiger partial charge is 0.282 e. The van der Waals surface area contributed by atoms with E-state index < -0.39 is 11.8 Å². The predicted molar refractivity (Wildman–Crippen MR) is 97.3 cm³/mol. The number of nitrogens with zero attached hydrogens (tertiary/aromatic N) is 2. The molecule has 26 heavy (non-hydrogen) atoms. The van der Waals surface area contributed by atoms with Crippen molar-refractivity contribution in [2.75, 3.05) is 0 Å². The minimum atomic E-state index is -0.418. The van der Waals surface area contributed by atoms with E-state index in [2.05, 4.69) is 12.0 Å². The Kier molecular flexibility index (Phi) is 3.13. The molecule has 5 heteroatoms. The Morgan fingerprint density at radius 2 is 1.69 bits per heavy atom. The average Bonchev–Trinajstić information content (AvgIpc) is 3.19. The first-order valence-electron chi connectivity index (χ1n) is 8.68. The lowest BCUT2D eigenvalue weighted by molar-refractivity contribution is 0.0616. The number of furan rings is 1. The van der Waals surface area contributed by atoms with Crippen LogP contribution in [0.5, 0.6) is 0 Å². The monoisotopic (exact) mass is 344 g/mol. The highest BCUT2D eigenvalue weighted by Crippen LogP contribution is 2.47. The van der Waals surface area contributed by atoms with Crippen LogP contribution in [0.1, 0.15) is 51.5 Å². The van der Waals surface area contributed by atoms with Crippen LogP contribution in [0, 0.1) is 5.92 Å². The second-order valence-corrected chi connectivity index (χ2v) is 6.94. The van der Waals surface area contributed by atoms with Crippen LogP contribution in [0.15, 0.2) is 58.0 Å². The third-order valence-electron chi connectivity index (χ3n) is 5.17. The number of carbonyl (C=O) groups is 2. The van der Waals surface area contributed by atoms with Crippen LogP contribution in [0.3, 0.4) is 0 Å². The van der Waals surface area contributed by atoms with Crippen molar-refractivity contribution in [3.8, 4) is 0 Å². The Morgan fingerprint density at radius 1 is 1.04 bits per heavy atom. The lowest BCUT2D eigenvalue weighted by Crippen LogP contribution is -2.36. The molecule has 2 aromatic carbocycles. The summed E-state index contributed by atoms with van der Waals surface area (Å²) in [7, 11) is 0. The van der Waals surface area contributed by atoms with Gasteiger partial charge in [-0.15, -0.1) is 0 Å². The van der Waals surface area contributed by atoms with E-state index in [1.54, 1.807) is 12.1 Å². The number of amides is 2. The molecule has 0 N–H and O–H groups in total. The van der Waals surface area contributed by atoms with Gasteiger partial charge in [0.15, 0.2) is 0 Å². The number of benzene rings is 2. The standard InChI is InChI=1S/C21H16N2O3/c1-12-10-17(12)18-9-8-14(26-18)11-22-23-20(24)15-6-2-4-13-5-3-7-16(19(13)15)21(23)25/h2-9,11-12,17H,10H2,1H3/b22-11-/t12-,17+/m0/s1. The van der Waals surface area contributed by atoms with Crippen molar-refractivity contribution in [3.63, 3.8) is 0 Å². The van der Waals surface area contributed by atoms with Gasteiger partial charge in [0.1, 0.15) is 11.5 Å². The quantitative estimate of drug-likeness (QED) is 0.529. The minimum absolute atomic E-state index is 0.418. The van der Waals surface area contributed by atoms with Gasteiger partial charge in [-0.2, -0.15) is 10.1 Å². The summed E-state index contributed by atoms with van der Waals surface area (Å²) in [5.74, 6) is 1.76. The molecule has 2 atom stereocenters. The van der Waals surface area contributed by atoms with Crippen molar-refractivity contribution in [1.82, 2.24) is 5.01 Å². The molecule has 1 saturated carbocycles. The summed E-state index contributed by atoms with van der Waals surface area (Å²) in [6.45, 7) is 2.18. The molecule has 0 bridgehead atoms. The molecule has 0 radical (unpaired) electrons. The zero-order valence-electron chi connectivity index (χ0n) is 14.2. The van der Waals surface area contributed by atoms with Gasteiger partial charge in [-0.05, 0) is 42.0 Å². The zero-order valence-corrected chi connectivity index (χ0v) is 14.2. The minimum Gasteiger partial charge on any atom is -0.460 e. The third-order valence-corrected chi connectivity index (χ3v) is 5.17. The first-order valence-corrected chi connectivity index (χ1v) is 8.68. The van der Waals surface area contributed by atoms with Gasteiger partial charge < -0.3 is 4.42 Å². The number of carbonyl (C=O) groups excluding carboxylic acids is 2. The number of imide groups is 1. The normalized spacial score (nSPS) is 21.8. The lowest BCUT2D eigenvalue weighted by Gasteiger charge is -2.22. The zero-order chi connectivity index (χ0) is 17.8. The van der Waals surface area contributed by atoms with E-state index in [-0.39, 0.29) is 0 Å². The van der Waals surface area contributed by atoms with E-state index in [9.17, 15) is 9.59 Å². The molecule has 5 rings (SSSR count). The van der Waals surface area contributed by atoms with E-state index >= 15 is 0 Å². The molecule has 1 aliphatic carbocycles. The van der Waals surface area contributed by atoms with Gasteiger partial charge >= 0.3 is 0 Å². The van der Waals surface area contributed by atoms with Crippen molar-refractivity contribution in [2.45, 2.75) is 19.3 Å². The molecular weight excluding hydrogens is 328 g/mol. The van der Waals surface area contributed by atoms with Crippen LogP contribution in [-0.4, -0.2) is 23.0 Å². The van der Waals surface area contributed by atoms with E-state index in [4.69, 9.17) is 4.42 Å². The number of hydrogen-bond acceptors (Lipinski definition) is 4. The van der Waals surface area contributed by atoms with E-state index in [0.29, 0.717) is 34.1 Å². The third kappa shape index (κ3) is 2.20. The fraction of sp³-hybridized carbons (Fsp3) is 0.190. The predicted octanol–water partition coefficient (Wildman–Crippen LogP) is 4.19. The van der Waals surface area contributed by atoms with Gasteiger partial charge in [0, 0.05) is 11.3 Å². The highest BCUT2D eigenvalue weighted by molar-refractivity contribution is 6.25. The van der Waals surface area contributed by atoms with Gasteiger partial charge in [-0.1, -0.05) is 31.2 Å². The Morgan fingerprint density at radius 3 is 2.31 bits per heavy atom. The molecule has 1 fully saturated rings. The van der Waals surface area contributed by atoms with Crippen molar-refractivity contribution in [3.05, 3.63) is 71.2 Å². The molecule has 0 saturated heterocycles. The molecule has 0 unspecified atom stereocenters. The highest BCUT2D eigenvalue weighted by atomic mass is 16.3. The topological polar surface area (TPSA) is 62.9 Å². The van der Waals surface area contributed by atoms with Gasteiger partial charge in [0.05, 0.1) is 17.3 Å². The van der Waals surface area contributed by atoms with Crippen LogP contribution >= 0.6 is 0 Å². The second kappa shape index (κ2) is 5.39. The van der Waals surface area contributed by atoms with Gasteiger partial charge in [0.2, 0.25) is 0 Å². The molecular formula is C21H16N2O3. The number of rotatable bonds is 3. The number of hydrazone groups is 1. The van der Waals surface area contributed by atoms with Crippen LogP contribution in [0.25, 0.3) is 10.8 Å². The highest BCUT2D eigenvalue weighted by Gasteiger charge is 2.36. The van der Waals surface area contributed by atoms with Crippen molar-refractivity contribution in [1.29, 1.82) is 0 Å². The van der Waals surface area contributed by atoms with Crippen LogP contribution in [0.4, 0.5) is 0 Å². The van der Waals surface area contributed by atoms with Crippen molar-refractivity contribution < 1.29 is 14.0 Å². The van der Waals surface area contributed by atoms with Crippen molar-refractivity contribution >= 4 is 28.8 Å². The Hall–Kier alpha value is -3.21. The summed E-state index contributed by atoms with van der Waals surface area (Å²) in [6.07, 6.45) is 2.56. The summed E-state index contributed by atoms with van der Waals surface area (Å²) >= 11 is 0. The largest absolute Gasteiger partial charge is 0.460 e. The summed E-state index contributed by atoms with van der Waals surface area (Å²) < 4.78 is 5.77. The van der Waals surface area contributed by atoms with Crippen LogP contribution in [0.2, 0.25) is 0 Å². The Bertz CT molecular complexity index is 1040. The SMILES string of the molecule is C[C@H]1C[C@H]1c1ccc(/C=N\N2C(=O)c3cccc4cccc(c34)C2=O)o1. The van der Waals surface area contributed by atoms with E-state index in [1.807, 2.05) is 36.4 Å². The summed E-state index contributed by atoms with van der Waals surface area (Å²) in [5.41, 5.74) is 0.976. The lowest BCUT2D eigenvalue weighted by atomic mass is 9.95. The second-order valence-electron chi connectivity index (χ2n) is 6.94. The average molecular weight is 344 g/mol. The fourth-order valence-corrected chi connectivity index (χ4v) is 3.59.